The summed E-state index contributed by atoms with van der Waals surface area (Å²) in [5.74, 6) is 0. The van der Waals surface area contributed by atoms with Crippen LogP contribution in [0.2, 0.25) is 0 Å². The summed E-state index contributed by atoms with van der Waals surface area (Å²) in [6.45, 7) is 9.12. The summed E-state index contributed by atoms with van der Waals surface area (Å²) in [7, 11) is 0. The summed E-state index contributed by atoms with van der Waals surface area (Å²) >= 11 is 0. The van der Waals surface area contributed by atoms with Gasteiger partial charge in [-0.1, -0.05) is 37.6 Å². The molecule has 1 atom stereocenters. The summed E-state index contributed by atoms with van der Waals surface area (Å²) in [4.78, 5) is 0. The highest BCUT2D eigenvalue weighted by molar-refractivity contribution is 5.30. The lowest BCUT2D eigenvalue weighted by molar-refractivity contribution is 0.159. The molecule has 0 bridgehead atoms. The van der Waals surface area contributed by atoms with Crippen LogP contribution in [0.15, 0.2) is 18.2 Å². The molecule has 1 unspecified atom stereocenters. The van der Waals surface area contributed by atoms with E-state index in [1.165, 1.54) is 16.7 Å². The molecule has 0 heterocycles. The molecule has 1 rings (SSSR count). The molecule has 0 saturated heterocycles. The highest BCUT2D eigenvalue weighted by atomic mass is 16.3. The van der Waals surface area contributed by atoms with Gasteiger partial charge in [-0.2, -0.15) is 0 Å². The fourth-order valence-electron chi connectivity index (χ4n) is 1.92. The minimum Gasteiger partial charge on any atom is -0.392 e. The Morgan fingerprint density at radius 3 is 2.53 bits per heavy atom. The van der Waals surface area contributed by atoms with Crippen LogP contribution >= 0.6 is 0 Å². The lowest BCUT2D eigenvalue weighted by Gasteiger charge is -2.14. The molecule has 1 aromatic carbocycles. The van der Waals surface area contributed by atoms with Crippen molar-refractivity contribution in [2.24, 2.45) is 0 Å². The molecule has 2 heteroatoms. The van der Waals surface area contributed by atoms with Crippen molar-refractivity contribution in [3.8, 4) is 0 Å². The Kier molecular flexibility index (Phi) is 5.66. The SMILES string of the molecule is Cc1ccc(CCC(O)CNC(C)C)c(C)c1. The van der Waals surface area contributed by atoms with Gasteiger partial charge in [0.05, 0.1) is 6.10 Å². The molecule has 0 aliphatic heterocycles. The Balaban J connectivity index is 2.39. The second-order valence-electron chi connectivity index (χ2n) is 5.19. The van der Waals surface area contributed by atoms with Crippen LogP contribution in [0.1, 0.15) is 37.0 Å². The van der Waals surface area contributed by atoms with Crippen LogP contribution in [0.3, 0.4) is 0 Å². The van der Waals surface area contributed by atoms with E-state index in [1.54, 1.807) is 0 Å². The van der Waals surface area contributed by atoms with Crippen molar-refractivity contribution in [2.75, 3.05) is 6.54 Å². The summed E-state index contributed by atoms with van der Waals surface area (Å²) in [5.41, 5.74) is 3.97. The number of nitrogens with one attached hydrogen (secondary N) is 1. The van der Waals surface area contributed by atoms with Crippen molar-refractivity contribution in [3.63, 3.8) is 0 Å². The highest BCUT2D eigenvalue weighted by Gasteiger charge is 2.06. The molecule has 2 N–H and O–H groups in total. The third-order valence-corrected chi connectivity index (χ3v) is 3.01. The van der Waals surface area contributed by atoms with Gasteiger partial charge in [0.2, 0.25) is 0 Å². The molecule has 0 aliphatic rings. The van der Waals surface area contributed by atoms with E-state index in [9.17, 15) is 5.11 Å². The molecule has 17 heavy (non-hydrogen) atoms. The van der Waals surface area contributed by atoms with Gasteiger partial charge in [0.25, 0.3) is 0 Å². The third kappa shape index (κ3) is 5.33. The molecule has 0 aliphatic carbocycles. The van der Waals surface area contributed by atoms with Gasteiger partial charge >= 0.3 is 0 Å². The number of aliphatic hydroxyl groups is 1. The minimum absolute atomic E-state index is 0.252. The van der Waals surface area contributed by atoms with Crippen molar-refractivity contribution < 1.29 is 5.11 Å². The van der Waals surface area contributed by atoms with Gasteiger partial charge in [0.1, 0.15) is 0 Å². The minimum atomic E-state index is -0.252. The van der Waals surface area contributed by atoms with E-state index >= 15 is 0 Å². The molecule has 0 saturated carbocycles. The molecule has 0 aromatic heterocycles. The van der Waals surface area contributed by atoms with Crippen LogP contribution in [-0.4, -0.2) is 23.8 Å². The predicted octanol–water partition coefficient (Wildman–Crippen LogP) is 2.59. The average Bonchev–Trinajstić information content (AvgIpc) is 2.25. The summed E-state index contributed by atoms with van der Waals surface area (Å²) in [6, 6.07) is 6.95. The van der Waals surface area contributed by atoms with Crippen LogP contribution in [0.4, 0.5) is 0 Å². The monoisotopic (exact) mass is 235 g/mol. The van der Waals surface area contributed by atoms with Crippen molar-refractivity contribution in [3.05, 3.63) is 34.9 Å². The van der Waals surface area contributed by atoms with Crippen LogP contribution < -0.4 is 5.32 Å². The molecule has 0 amide bonds. The standard InChI is InChI=1S/C15H25NO/c1-11(2)16-10-15(17)8-7-14-6-5-12(3)9-13(14)4/h5-6,9,11,15-17H,7-8,10H2,1-4H3. The maximum atomic E-state index is 9.84. The lowest BCUT2D eigenvalue weighted by Crippen LogP contribution is -2.32. The van der Waals surface area contributed by atoms with Crippen molar-refractivity contribution in [1.82, 2.24) is 5.32 Å². The van der Waals surface area contributed by atoms with Crippen LogP contribution in [0.5, 0.6) is 0 Å². The van der Waals surface area contributed by atoms with E-state index in [0.717, 1.165) is 12.8 Å². The van der Waals surface area contributed by atoms with E-state index in [4.69, 9.17) is 0 Å². The number of benzene rings is 1. The summed E-state index contributed by atoms with van der Waals surface area (Å²) in [5, 5.41) is 13.1. The van der Waals surface area contributed by atoms with E-state index < -0.39 is 0 Å². The Labute approximate surface area is 105 Å². The summed E-state index contributed by atoms with van der Waals surface area (Å²) in [6.07, 6.45) is 1.52. The topological polar surface area (TPSA) is 32.3 Å². The quantitative estimate of drug-likeness (QED) is 0.794. The fourth-order valence-corrected chi connectivity index (χ4v) is 1.92. The molecule has 2 nitrogen and oxygen atoms in total. The van der Waals surface area contributed by atoms with E-state index in [-0.39, 0.29) is 6.10 Å². The number of aryl methyl sites for hydroxylation is 3. The predicted molar refractivity (Wildman–Crippen MR) is 73.4 cm³/mol. The van der Waals surface area contributed by atoms with Crippen LogP contribution in [-0.2, 0) is 6.42 Å². The van der Waals surface area contributed by atoms with Gasteiger partial charge in [0, 0.05) is 12.6 Å². The van der Waals surface area contributed by atoms with Gasteiger partial charge in [-0.15, -0.1) is 0 Å². The number of rotatable bonds is 6. The average molecular weight is 235 g/mol. The second kappa shape index (κ2) is 6.77. The maximum absolute atomic E-state index is 9.84. The maximum Gasteiger partial charge on any atom is 0.0667 e. The number of hydrogen-bond donors (Lipinski definition) is 2. The fraction of sp³-hybridized carbons (Fsp3) is 0.600. The van der Waals surface area contributed by atoms with Gasteiger partial charge < -0.3 is 10.4 Å². The first kappa shape index (κ1) is 14.2. The smallest absolute Gasteiger partial charge is 0.0667 e. The van der Waals surface area contributed by atoms with Gasteiger partial charge in [-0.3, -0.25) is 0 Å². The Hall–Kier alpha value is -0.860. The van der Waals surface area contributed by atoms with Gasteiger partial charge in [0.15, 0.2) is 0 Å². The molecule has 1 aromatic rings. The molecule has 96 valence electrons. The van der Waals surface area contributed by atoms with Crippen molar-refractivity contribution in [2.45, 2.75) is 52.7 Å². The Morgan fingerprint density at radius 1 is 1.24 bits per heavy atom. The zero-order chi connectivity index (χ0) is 12.8. The van der Waals surface area contributed by atoms with Crippen molar-refractivity contribution in [1.29, 1.82) is 0 Å². The molecular formula is C15H25NO. The van der Waals surface area contributed by atoms with E-state index in [2.05, 4.69) is 51.2 Å². The number of aliphatic hydroxyl groups excluding tert-OH is 1. The molecular weight excluding hydrogens is 210 g/mol. The Bertz CT molecular complexity index is 347. The third-order valence-electron chi connectivity index (χ3n) is 3.01. The molecule has 0 fully saturated rings. The van der Waals surface area contributed by atoms with Crippen LogP contribution in [0, 0.1) is 13.8 Å². The normalized spacial score (nSPS) is 13.1. The zero-order valence-electron chi connectivity index (χ0n) is 11.5. The van der Waals surface area contributed by atoms with Gasteiger partial charge in [-0.05, 0) is 37.8 Å². The largest absolute Gasteiger partial charge is 0.392 e. The first-order chi connectivity index (χ1) is 7.99. The lowest BCUT2D eigenvalue weighted by atomic mass is 10.00. The molecule has 0 spiro atoms. The number of hydrogen-bond acceptors (Lipinski definition) is 2. The molecule has 0 radical (unpaired) electrons. The Morgan fingerprint density at radius 2 is 1.94 bits per heavy atom. The van der Waals surface area contributed by atoms with Crippen molar-refractivity contribution >= 4 is 0 Å². The zero-order valence-corrected chi connectivity index (χ0v) is 11.5. The van der Waals surface area contributed by atoms with Crippen LogP contribution in [0.25, 0.3) is 0 Å². The van der Waals surface area contributed by atoms with E-state index in [1.807, 2.05) is 0 Å². The van der Waals surface area contributed by atoms with Gasteiger partial charge in [-0.25, -0.2) is 0 Å². The van der Waals surface area contributed by atoms with E-state index in [0.29, 0.717) is 12.6 Å². The summed E-state index contributed by atoms with van der Waals surface area (Å²) < 4.78 is 0. The first-order valence-corrected chi connectivity index (χ1v) is 6.46. The highest BCUT2D eigenvalue weighted by Crippen LogP contribution is 2.13. The first-order valence-electron chi connectivity index (χ1n) is 6.46. The second-order valence-corrected chi connectivity index (χ2v) is 5.19.